The van der Waals surface area contributed by atoms with Crippen LogP contribution in [0, 0.1) is 0 Å². The van der Waals surface area contributed by atoms with E-state index in [1.54, 1.807) is 16.2 Å². The first-order valence-corrected chi connectivity index (χ1v) is 6.89. The molecule has 7 heteroatoms. The van der Waals surface area contributed by atoms with Crippen molar-refractivity contribution in [2.24, 2.45) is 0 Å². The summed E-state index contributed by atoms with van der Waals surface area (Å²) in [6.07, 6.45) is 0.779. The largest absolute Gasteiger partial charge is 0.480 e. The van der Waals surface area contributed by atoms with E-state index in [4.69, 9.17) is 10.2 Å². The number of aliphatic carboxylic acids is 1. The lowest BCUT2D eigenvalue weighted by molar-refractivity contribution is -0.140. The summed E-state index contributed by atoms with van der Waals surface area (Å²) in [7, 11) is 0. The number of thiophene rings is 1. The fraction of sp³-hybridized carbons (Fsp3) is 0.500. The normalized spacial score (nSPS) is 19.7. The van der Waals surface area contributed by atoms with Crippen LogP contribution < -0.4 is 5.32 Å². The summed E-state index contributed by atoms with van der Waals surface area (Å²) in [5.74, 6) is -1.24. The van der Waals surface area contributed by atoms with Crippen LogP contribution in [0.2, 0.25) is 0 Å². The van der Waals surface area contributed by atoms with Gasteiger partial charge < -0.3 is 20.4 Å². The van der Waals surface area contributed by atoms with Gasteiger partial charge in [0.2, 0.25) is 0 Å². The van der Waals surface area contributed by atoms with Gasteiger partial charge in [0.1, 0.15) is 0 Å². The molecule has 0 saturated carbocycles. The molecule has 1 aliphatic heterocycles. The van der Waals surface area contributed by atoms with Crippen molar-refractivity contribution in [2.75, 3.05) is 13.2 Å². The molecule has 0 saturated heterocycles. The molecule has 19 heavy (non-hydrogen) atoms. The summed E-state index contributed by atoms with van der Waals surface area (Å²) in [5.41, 5.74) is 1.11. The molecule has 1 unspecified atom stereocenters. The summed E-state index contributed by atoms with van der Waals surface area (Å²) >= 11 is 1.67. The third-order valence-electron chi connectivity index (χ3n) is 3.32. The minimum Gasteiger partial charge on any atom is -0.480 e. The van der Waals surface area contributed by atoms with E-state index in [1.807, 2.05) is 18.4 Å². The molecule has 2 heterocycles. The monoisotopic (exact) mass is 284 g/mol. The lowest BCUT2D eigenvalue weighted by Gasteiger charge is -2.34. The molecule has 1 aromatic heterocycles. The maximum atomic E-state index is 12.1. The summed E-state index contributed by atoms with van der Waals surface area (Å²) in [4.78, 5) is 25.7. The van der Waals surface area contributed by atoms with Gasteiger partial charge in [-0.3, -0.25) is 0 Å². The number of aliphatic hydroxyl groups excluding tert-OH is 1. The molecule has 0 aliphatic carbocycles. The number of carboxylic acids is 1. The molecule has 0 fully saturated rings. The Hall–Kier alpha value is -1.60. The standard InChI is InChI=1S/C12H16N2O4S/c1-7-8-3-5-19-10(8)2-4-14(7)12(18)13-9(6-15)11(16)17/h3,5,7,9,15H,2,4,6H2,1H3,(H,13,18)(H,16,17)/t7?,9-/m1/s1. The third-order valence-corrected chi connectivity index (χ3v) is 4.31. The molecule has 6 nitrogen and oxygen atoms in total. The number of hydrogen-bond acceptors (Lipinski definition) is 4. The number of amides is 2. The van der Waals surface area contributed by atoms with Crippen LogP contribution in [0.25, 0.3) is 0 Å². The topological polar surface area (TPSA) is 89.9 Å². The van der Waals surface area contributed by atoms with E-state index in [0.717, 1.165) is 12.0 Å². The van der Waals surface area contributed by atoms with Crippen LogP contribution in [0.3, 0.4) is 0 Å². The molecule has 0 bridgehead atoms. The van der Waals surface area contributed by atoms with Crippen molar-refractivity contribution in [3.05, 3.63) is 21.9 Å². The average Bonchev–Trinajstić information content (AvgIpc) is 2.84. The smallest absolute Gasteiger partial charge is 0.328 e. The molecule has 0 spiro atoms. The first-order valence-electron chi connectivity index (χ1n) is 6.01. The molecule has 1 aromatic rings. The molecule has 2 amide bonds. The maximum Gasteiger partial charge on any atom is 0.328 e. The van der Waals surface area contributed by atoms with Crippen molar-refractivity contribution < 1.29 is 19.8 Å². The molecule has 104 valence electrons. The van der Waals surface area contributed by atoms with Gasteiger partial charge in [-0.1, -0.05) is 0 Å². The Kier molecular flexibility index (Phi) is 4.06. The van der Waals surface area contributed by atoms with Gasteiger partial charge in [0.25, 0.3) is 0 Å². The Morgan fingerprint density at radius 2 is 2.37 bits per heavy atom. The van der Waals surface area contributed by atoms with E-state index in [9.17, 15) is 9.59 Å². The predicted octanol–water partition coefficient (Wildman–Crippen LogP) is 0.822. The van der Waals surface area contributed by atoms with Gasteiger partial charge >= 0.3 is 12.0 Å². The van der Waals surface area contributed by atoms with E-state index >= 15 is 0 Å². The number of carboxylic acid groups (broad SMARTS) is 1. The zero-order valence-corrected chi connectivity index (χ0v) is 11.3. The molecule has 2 atom stereocenters. The zero-order chi connectivity index (χ0) is 14.0. The molecule has 1 aliphatic rings. The highest BCUT2D eigenvalue weighted by molar-refractivity contribution is 7.10. The predicted molar refractivity (Wildman–Crippen MR) is 70.2 cm³/mol. The first-order chi connectivity index (χ1) is 9.04. The SMILES string of the molecule is CC1c2ccsc2CCN1C(=O)N[C@H](CO)C(=O)O. The molecule has 2 rings (SSSR count). The van der Waals surface area contributed by atoms with Crippen LogP contribution in [0.4, 0.5) is 4.79 Å². The highest BCUT2D eigenvalue weighted by Crippen LogP contribution is 2.32. The van der Waals surface area contributed by atoms with Gasteiger partial charge in [-0.15, -0.1) is 11.3 Å². The Morgan fingerprint density at radius 3 is 3.00 bits per heavy atom. The minimum absolute atomic E-state index is 0.0804. The maximum absolute atomic E-state index is 12.1. The van der Waals surface area contributed by atoms with Crippen molar-refractivity contribution in [3.63, 3.8) is 0 Å². The Bertz CT molecular complexity index is 488. The van der Waals surface area contributed by atoms with Crippen LogP contribution in [0.1, 0.15) is 23.4 Å². The number of urea groups is 1. The van der Waals surface area contributed by atoms with E-state index in [-0.39, 0.29) is 6.04 Å². The number of hydrogen-bond donors (Lipinski definition) is 3. The van der Waals surface area contributed by atoms with E-state index < -0.39 is 24.6 Å². The van der Waals surface area contributed by atoms with Crippen molar-refractivity contribution >= 4 is 23.3 Å². The van der Waals surface area contributed by atoms with E-state index in [2.05, 4.69) is 5.32 Å². The third kappa shape index (κ3) is 2.71. The summed E-state index contributed by atoms with van der Waals surface area (Å²) < 4.78 is 0. The molecule has 0 radical (unpaired) electrons. The fourth-order valence-corrected chi connectivity index (χ4v) is 3.17. The van der Waals surface area contributed by atoms with Gasteiger partial charge in [0.15, 0.2) is 6.04 Å². The Balaban J connectivity index is 2.07. The van der Waals surface area contributed by atoms with Crippen molar-refractivity contribution in [1.82, 2.24) is 10.2 Å². The molecular weight excluding hydrogens is 268 g/mol. The Morgan fingerprint density at radius 1 is 1.63 bits per heavy atom. The number of nitrogens with one attached hydrogen (secondary N) is 1. The molecular formula is C12H16N2O4S. The molecule has 3 N–H and O–H groups in total. The van der Waals surface area contributed by atoms with Gasteiger partial charge in [0.05, 0.1) is 12.6 Å². The number of carbonyl (C=O) groups excluding carboxylic acids is 1. The van der Waals surface area contributed by atoms with Crippen molar-refractivity contribution in [3.8, 4) is 0 Å². The highest BCUT2D eigenvalue weighted by atomic mass is 32.1. The summed E-state index contributed by atoms with van der Waals surface area (Å²) in [6.45, 7) is 1.85. The average molecular weight is 284 g/mol. The fourth-order valence-electron chi connectivity index (χ4n) is 2.20. The quantitative estimate of drug-likeness (QED) is 0.766. The second kappa shape index (κ2) is 5.58. The first kappa shape index (κ1) is 13.8. The lowest BCUT2D eigenvalue weighted by atomic mass is 10.0. The summed E-state index contributed by atoms with van der Waals surface area (Å²) in [6, 6.07) is 0.197. The summed E-state index contributed by atoms with van der Waals surface area (Å²) in [5, 5.41) is 22.1. The lowest BCUT2D eigenvalue weighted by Crippen LogP contribution is -2.51. The van der Waals surface area contributed by atoms with Crippen LogP contribution in [0.15, 0.2) is 11.4 Å². The second-order valence-corrected chi connectivity index (χ2v) is 5.44. The second-order valence-electron chi connectivity index (χ2n) is 4.44. The number of aliphatic hydroxyl groups is 1. The van der Waals surface area contributed by atoms with Gasteiger partial charge in [-0.05, 0) is 30.4 Å². The number of nitrogens with zero attached hydrogens (tertiary/aromatic N) is 1. The highest BCUT2D eigenvalue weighted by Gasteiger charge is 2.30. The van der Waals surface area contributed by atoms with E-state index in [0.29, 0.717) is 6.54 Å². The van der Waals surface area contributed by atoms with Gasteiger partial charge in [0, 0.05) is 11.4 Å². The number of rotatable bonds is 3. The van der Waals surface area contributed by atoms with Crippen LogP contribution in [-0.2, 0) is 11.2 Å². The molecule has 0 aromatic carbocycles. The van der Waals surface area contributed by atoms with Crippen LogP contribution >= 0.6 is 11.3 Å². The van der Waals surface area contributed by atoms with Crippen molar-refractivity contribution in [2.45, 2.75) is 25.4 Å². The zero-order valence-electron chi connectivity index (χ0n) is 10.5. The van der Waals surface area contributed by atoms with Crippen LogP contribution in [0.5, 0.6) is 0 Å². The number of fused-ring (bicyclic) bond motifs is 1. The van der Waals surface area contributed by atoms with E-state index in [1.165, 1.54) is 4.88 Å². The minimum atomic E-state index is -1.26. The van der Waals surface area contributed by atoms with Gasteiger partial charge in [-0.25, -0.2) is 9.59 Å². The Labute approximate surface area is 114 Å². The van der Waals surface area contributed by atoms with Crippen LogP contribution in [-0.4, -0.2) is 46.3 Å². The number of carbonyl (C=O) groups is 2. The van der Waals surface area contributed by atoms with Gasteiger partial charge in [-0.2, -0.15) is 0 Å². The van der Waals surface area contributed by atoms with Crippen molar-refractivity contribution in [1.29, 1.82) is 0 Å².